The first-order chi connectivity index (χ1) is 9.36. The van der Waals surface area contributed by atoms with Crippen LogP contribution in [0.1, 0.15) is 23.5 Å². The fraction of sp³-hybridized carbons (Fsp3) is 0.250. The minimum Gasteiger partial charge on any atom is -0.497 e. The Bertz CT molecular complexity index is 521. The fourth-order valence-electron chi connectivity index (χ4n) is 2.18. The predicted octanol–water partition coefficient (Wildman–Crippen LogP) is 3.48. The smallest absolute Gasteiger partial charge is 0.184 e. The highest BCUT2D eigenvalue weighted by atomic mass is 16.7. The van der Waals surface area contributed by atoms with Crippen molar-refractivity contribution in [3.8, 4) is 5.75 Å². The summed E-state index contributed by atoms with van der Waals surface area (Å²) in [6.07, 6.45) is -0.288. The monoisotopic (exact) mass is 256 g/mol. The van der Waals surface area contributed by atoms with E-state index in [4.69, 9.17) is 14.2 Å². The molecule has 0 aromatic heterocycles. The third-order valence-corrected chi connectivity index (χ3v) is 3.25. The lowest BCUT2D eigenvalue weighted by atomic mass is 10.1. The Morgan fingerprint density at radius 2 is 1.68 bits per heavy atom. The lowest BCUT2D eigenvalue weighted by molar-refractivity contribution is -0.0607. The molecule has 2 aromatic rings. The summed E-state index contributed by atoms with van der Waals surface area (Å²) in [6, 6.07) is 17.9. The van der Waals surface area contributed by atoms with Gasteiger partial charge >= 0.3 is 0 Å². The number of hydrogen-bond acceptors (Lipinski definition) is 3. The number of benzene rings is 2. The lowest BCUT2D eigenvalue weighted by Crippen LogP contribution is -2.00. The first-order valence-corrected chi connectivity index (χ1v) is 6.33. The van der Waals surface area contributed by atoms with Crippen LogP contribution in [0.4, 0.5) is 0 Å². The number of rotatable bonds is 3. The van der Waals surface area contributed by atoms with E-state index < -0.39 is 0 Å². The molecule has 98 valence electrons. The normalized spacial score (nSPS) is 22.4. The van der Waals surface area contributed by atoms with Crippen molar-refractivity contribution in [3.63, 3.8) is 0 Å². The maximum absolute atomic E-state index is 5.94. The molecule has 2 aromatic carbocycles. The van der Waals surface area contributed by atoms with Gasteiger partial charge < -0.3 is 14.2 Å². The Hall–Kier alpha value is -1.84. The van der Waals surface area contributed by atoms with Gasteiger partial charge in [-0.1, -0.05) is 42.5 Å². The van der Waals surface area contributed by atoms with Crippen molar-refractivity contribution >= 4 is 0 Å². The molecule has 19 heavy (non-hydrogen) atoms. The van der Waals surface area contributed by atoms with Gasteiger partial charge in [-0.3, -0.25) is 0 Å². The highest BCUT2D eigenvalue weighted by Gasteiger charge is 2.28. The van der Waals surface area contributed by atoms with Gasteiger partial charge in [-0.15, -0.1) is 0 Å². The van der Waals surface area contributed by atoms with E-state index in [-0.39, 0.29) is 12.4 Å². The third-order valence-electron chi connectivity index (χ3n) is 3.25. The molecule has 1 aliphatic heterocycles. The van der Waals surface area contributed by atoms with Crippen molar-refractivity contribution in [1.82, 2.24) is 0 Å². The van der Waals surface area contributed by atoms with E-state index in [1.807, 2.05) is 42.5 Å². The zero-order valence-electron chi connectivity index (χ0n) is 10.8. The molecule has 3 heteroatoms. The summed E-state index contributed by atoms with van der Waals surface area (Å²) < 4.78 is 16.8. The topological polar surface area (TPSA) is 27.7 Å². The zero-order chi connectivity index (χ0) is 13.1. The second-order valence-electron chi connectivity index (χ2n) is 4.47. The van der Waals surface area contributed by atoms with Gasteiger partial charge in [0.2, 0.25) is 0 Å². The van der Waals surface area contributed by atoms with Crippen LogP contribution >= 0.6 is 0 Å². The minimum absolute atomic E-state index is 0.00769. The van der Waals surface area contributed by atoms with Crippen molar-refractivity contribution in [3.05, 3.63) is 65.7 Å². The lowest BCUT2D eigenvalue weighted by Gasteiger charge is -2.12. The van der Waals surface area contributed by atoms with Crippen LogP contribution < -0.4 is 4.74 Å². The second-order valence-corrected chi connectivity index (χ2v) is 4.47. The quantitative estimate of drug-likeness (QED) is 0.841. The van der Waals surface area contributed by atoms with Crippen LogP contribution in [-0.2, 0) is 9.47 Å². The van der Waals surface area contributed by atoms with Crippen molar-refractivity contribution < 1.29 is 14.2 Å². The molecule has 1 heterocycles. The molecule has 0 N–H and O–H groups in total. The molecule has 0 bridgehead atoms. The van der Waals surface area contributed by atoms with E-state index in [0.717, 1.165) is 16.9 Å². The summed E-state index contributed by atoms with van der Waals surface area (Å²) in [5.74, 6) is 0.835. The van der Waals surface area contributed by atoms with Crippen LogP contribution in [0, 0.1) is 0 Å². The molecule has 0 aliphatic carbocycles. The molecule has 1 fully saturated rings. The minimum atomic E-state index is -0.295. The predicted molar refractivity (Wildman–Crippen MR) is 72.0 cm³/mol. The van der Waals surface area contributed by atoms with E-state index >= 15 is 0 Å². The number of ether oxygens (including phenoxy) is 3. The Labute approximate surface area is 112 Å². The van der Waals surface area contributed by atoms with E-state index in [9.17, 15) is 0 Å². The van der Waals surface area contributed by atoms with Gasteiger partial charge in [-0.25, -0.2) is 0 Å². The third kappa shape index (κ3) is 2.62. The average Bonchev–Trinajstić information content (AvgIpc) is 2.98. The van der Waals surface area contributed by atoms with Gasteiger partial charge in [0.05, 0.1) is 13.7 Å². The summed E-state index contributed by atoms with van der Waals surface area (Å²) in [5.41, 5.74) is 2.16. The molecule has 0 radical (unpaired) electrons. The summed E-state index contributed by atoms with van der Waals surface area (Å²) >= 11 is 0. The van der Waals surface area contributed by atoms with Gasteiger partial charge in [0.25, 0.3) is 0 Å². The molecule has 1 aliphatic rings. The summed E-state index contributed by atoms with van der Waals surface area (Å²) in [6.45, 7) is 0.584. The summed E-state index contributed by atoms with van der Waals surface area (Å²) in [4.78, 5) is 0. The van der Waals surface area contributed by atoms with Crippen LogP contribution in [0.15, 0.2) is 54.6 Å². The van der Waals surface area contributed by atoms with E-state index in [0.29, 0.717) is 6.61 Å². The van der Waals surface area contributed by atoms with Crippen LogP contribution in [-0.4, -0.2) is 13.7 Å². The highest BCUT2D eigenvalue weighted by Crippen LogP contribution is 2.35. The number of methoxy groups -OCH3 is 1. The van der Waals surface area contributed by atoms with Gasteiger partial charge in [0.1, 0.15) is 11.9 Å². The molecular formula is C16H16O3. The highest BCUT2D eigenvalue weighted by molar-refractivity contribution is 5.28. The summed E-state index contributed by atoms with van der Waals surface area (Å²) in [5, 5.41) is 0. The largest absolute Gasteiger partial charge is 0.497 e. The van der Waals surface area contributed by atoms with Crippen molar-refractivity contribution in [2.24, 2.45) is 0 Å². The number of hydrogen-bond donors (Lipinski definition) is 0. The summed E-state index contributed by atoms with van der Waals surface area (Å²) in [7, 11) is 1.66. The van der Waals surface area contributed by atoms with Crippen LogP contribution in [0.25, 0.3) is 0 Å². The Balaban J connectivity index is 1.71. The van der Waals surface area contributed by atoms with E-state index in [2.05, 4.69) is 12.1 Å². The van der Waals surface area contributed by atoms with Crippen molar-refractivity contribution in [2.75, 3.05) is 13.7 Å². The van der Waals surface area contributed by atoms with Crippen molar-refractivity contribution in [1.29, 1.82) is 0 Å². The zero-order valence-corrected chi connectivity index (χ0v) is 10.8. The van der Waals surface area contributed by atoms with Crippen molar-refractivity contribution in [2.45, 2.75) is 12.4 Å². The Morgan fingerprint density at radius 1 is 0.947 bits per heavy atom. The Morgan fingerprint density at radius 3 is 2.37 bits per heavy atom. The first kappa shape index (κ1) is 12.2. The van der Waals surface area contributed by atoms with Crippen LogP contribution in [0.3, 0.4) is 0 Å². The SMILES string of the molecule is COc1ccc([C@@H]2OC[C@@H](c3ccccc3)O2)cc1. The molecule has 1 saturated heterocycles. The molecular weight excluding hydrogens is 240 g/mol. The molecule has 2 atom stereocenters. The molecule has 0 spiro atoms. The molecule has 0 amide bonds. The van der Waals surface area contributed by atoms with Gasteiger partial charge in [0.15, 0.2) is 6.29 Å². The van der Waals surface area contributed by atoms with E-state index in [1.54, 1.807) is 7.11 Å². The molecule has 3 nitrogen and oxygen atoms in total. The Kier molecular flexibility index (Phi) is 3.49. The van der Waals surface area contributed by atoms with Crippen LogP contribution in [0.5, 0.6) is 5.75 Å². The molecule has 3 rings (SSSR count). The second kappa shape index (κ2) is 5.43. The van der Waals surface area contributed by atoms with Gasteiger partial charge in [0, 0.05) is 5.56 Å². The van der Waals surface area contributed by atoms with Gasteiger partial charge in [-0.05, 0) is 17.7 Å². The first-order valence-electron chi connectivity index (χ1n) is 6.33. The maximum atomic E-state index is 5.94. The van der Waals surface area contributed by atoms with Crippen LogP contribution in [0.2, 0.25) is 0 Å². The maximum Gasteiger partial charge on any atom is 0.184 e. The van der Waals surface area contributed by atoms with E-state index in [1.165, 1.54) is 0 Å². The molecule has 0 saturated carbocycles. The molecule has 0 unspecified atom stereocenters. The standard InChI is InChI=1S/C16H16O3/c1-17-14-9-7-13(8-10-14)16-18-11-15(19-16)12-5-3-2-4-6-12/h2-10,15-16H,11H2,1H3/t15-,16+/m0/s1. The average molecular weight is 256 g/mol. The van der Waals surface area contributed by atoms with Gasteiger partial charge in [-0.2, -0.15) is 0 Å². The fourth-order valence-corrected chi connectivity index (χ4v) is 2.18.